The molecule has 1 heterocycles. The van der Waals surface area contributed by atoms with Gasteiger partial charge in [0.05, 0.1) is 10.6 Å². The van der Waals surface area contributed by atoms with E-state index >= 15 is 0 Å². The summed E-state index contributed by atoms with van der Waals surface area (Å²) in [6, 6.07) is 16.4. The van der Waals surface area contributed by atoms with Crippen LogP contribution in [0, 0.1) is 30.6 Å². The van der Waals surface area contributed by atoms with E-state index in [-0.39, 0.29) is 17.4 Å². The summed E-state index contributed by atoms with van der Waals surface area (Å²) >= 11 is 6.24. The van der Waals surface area contributed by atoms with E-state index in [1.54, 1.807) is 24.4 Å². The van der Waals surface area contributed by atoms with Crippen LogP contribution in [0.15, 0.2) is 60.8 Å². The molecule has 0 bridgehead atoms. The lowest BCUT2D eigenvalue weighted by molar-refractivity contribution is -0.117. The number of halogens is 1. The maximum Gasteiger partial charge on any atom is 0.258 e. The van der Waals surface area contributed by atoms with Crippen LogP contribution >= 0.6 is 11.6 Å². The molecule has 0 saturated heterocycles. The van der Waals surface area contributed by atoms with Crippen molar-refractivity contribution in [1.29, 1.82) is 0 Å². The summed E-state index contributed by atoms with van der Waals surface area (Å²) in [7, 11) is 0. The topological polar surface area (TPSA) is 71.1 Å². The molecular formula is C26H22ClN3O2. The van der Waals surface area contributed by atoms with Crippen molar-refractivity contribution in [3.63, 3.8) is 0 Å². The smallest absolute Gasteiger partial charge is 0.258 e. The first-order valence-electron chi connectivity index (χ1n) is 10.4. The molecule has 1 saturated carbocycles. The molecule has 4 rings (SSSR count). The SMILES string of the molecule is Cc1cc(C#Cc2ccccc2)cnc1NC(=O)c1cc(NC(=O)[C@H]2C[C@@H]2C)ccc1Cl. The number of carbonyl (C=O) groups is 2. The minimum Gasteiger partial charge on any atom is -0.326 e. The molecule has 32 heavy (non-hydrogen) atoms. The second-order valence-corrected chi connectivity index (χ2v) is 8.37. The van der Waals surface area contributed by atoms with Gasteiger partial charge < -0.3 is 10.6 Å². The molecule has 2 aromatic carbocycles. The monoisotopic (exact) mass is 443 g/mol. The minimum absolute atomic E-state index is 0.0316. The van der Waals surface area contributed by atoms with Gasteiger partial charge in [-0.15, -0.1) is 0 Å². The van der Waals surface area contributed by atoms with Gasteiger partial charge >= 0.3 is 0 Å². The summed E-state index contributed by atoms with van der Waals surface area (Å²) < 4.78 is 0. The first-order valence-corrected chi connectivity index (χ1v) is 10.7. The number of amides is 2. The van der Waals surface area contributed by atoms with Gasteiger partial charge in [-0.25, -0.2) is 4.98 Å². The molecule has 2 N–H and O–H groups in total. The summed E-state index contributed by atoms with van der Waals surface area (Å²) in [6.45, 7) is 3.89. The first-order chi connectivity index (χ1) is 15.4. The molecule has 1 aliphatic rings. The van der Waals surface area contributed by atoms with Gasteiger partial charge in [0.15, 0.2) is 0 Å². The fraction of sp³-hybridized carbons (Fsp3) is 0.192. The van der Waals surface area contributed by atoms with Crippen LogP contribution in [0.3, 0.4) is 0 Å². The maximum absolute atomic E-state index is 12.8. The molecule has 0 radical (unpaired) electrons. The third-order valence-electron chi connectivity index (χ3n) is 5.36. The number of rotatable bonds is 4. The van der Waals surface area contributed by atoms with Crippen LogP contribution in [-0.2, 0) is 4.79 Å². The summed E-state index contributed by atoms with van der Waals surface area (Å²) in [6.07, 6.45) is 2.51. The Balaban J connectivity index is 1.47. The summed E-state index contributed by atoms with van der Waals surface area (Å²) in [5.41, 5.74) is 3.26. The second-order valence-electron chi connectivity index (χ2n) is 7.96. The molecule has 0 unspecified atom stereocenters. The molecule has 1 fully saturated rings. The van der Waals surface area contributed by atoms with E-state index in [1.807, 2.05) is 50.2 Å². The van der Waals surface area contributed by atoms with E-state index in [2.05, 4.69) is 27.5 Å². The van der Waals surface area contributed by atoms with E-state index in [1.165, 1.54) is 0 Å². The molecule has 5 nitrogen and oxygen atoms in total. The van der Waals surface area contributed by atoms with Gasteiger partial charge in [-0.3, -0.25) is 9.59 Å². The van der Waals surface area contributed by atoms with Gasteiger partial charge in [0.25, 0.3) is 5.91 Å². The van der Waals surface area contributed by atoms with Crippen LogP contribution in [-0.4, -0.2) is 16.8 Å². The van der Waals surface area contributed by atoms with Crippen LogP contribution in [0.5, 0.6) is 0 Å². The number of benzene rings is 2. The lowest BCUT2D eigenvalue weighted by Crippen LogP contribution is -2.17. The molecule has 2 atom stereocenters. The lowest BCUT2D eigenvalue weighted by Gasteiger charge is -2.11. The van der Waals surface area contributed by atoms with E-state index in [0.717, 1.165) is 23.1 Å². The number of nitrogens with one attached hydrogen (secondary N) is 2. The molecule has 160 valence electrons. The maximum atomic E-state index is 12.8. The van der Waals surface area contributed by atoms with Crippen molar-refractivity contribution >= 4 is 34.9 Å². The largest absolute Gasteiger partial charge is 0.326 e. The number of aryl methyl sites for hydroxylation is 1. The number of pyridine rings is 1. The minimum atomic E-state index is -0.399. The normalized spacial score (nSPS) is 16.5. The Morgan fingerprint density at radius 2 is 1.75 bits per heavy atom. The Morgan fingerprint density at radius 1 is 1.03 bits per heavy atom. The van der Waals surface area contributed by atoms with Crippen molar-refractivity contribution in [1.82, 2.24) is 4.98 Å². The predicted octanol–water partition coefficient (Wildman–Crippen LogP) is 5.29. The van der Waals surface area contributed by atoms with Gasteiger partial charge in [0, 0.05) is 28.9 Å². The fourth-order valence-corrected chi connectivity index (χ4v) is 3.52. The number of hydrogen-bond acceptors (Lipinski definition) is 3. The number of carbonyl (C=O) groups excluding carboxylic acids is 2. The van der Waals surface area contributed by atoms with Gasteiger partial charge in [-0.05, 0) is 61.2 Å². The van der Waals surface area contributed by atoms with Crippen LogP contribution in [0.4, 0.5) is 11.5 Å². The molecular weight excluding hydrogens is 422 g/mol. The number of anilines is 2. The molecule has 6 heteroatoms. The zero-order valence-corrected chi connectivity index (χ0v) is 18.5. The number of nitrogens with zero attached hydrogens (tertiary/aromatic N) is 1. The van der Waals surface area contributed by atoms with Crippen molar-refractivity contribution < 1.29 is 9.59 Å². The number of hydrogen-bond donors (Lipinski definition) is 2. The second kappa shape index (κ2) is 9.25. The Kier molecular flexibility index (Phi) is 6.25. The van der Waals surface area contributed by atoms with E-state index in [9.17, 15) is 9.59 Å². The Morgan fingerprint density at radius 3 is 2.44 bits per heavy atom. The highest BCUT2D eigenvalue weighted by atomic mass is 35.5. The van der Waals surface area contributed by atoms with Gasteiger partial charge in [0.1, 0.15) is 5.82 Å². The van der Waals surface area contributed by atoms with Crippen molar-refractivity contribution in [2.45, 2.75) is 20.3 Å². The third kappa shape index (κ3) is 5.16. The van der Waals surface area contributed by atoms with Gasteiger partial charge in [0.2, 0.25) is 5.91 Å². The zero-order chi connectivity index (χ0) is 22.7. The van der Waals surface area contributed by atoms with E-state index in [0.29, 0.717) is 22.4 Å². The predicted molar refractivity (Wildman–Crippen MR) is 127 cm³/mol. The highest BCUT2D eigenvalue weighted by Gasteiger charge is 2.39. The molecule has 2 amide bonds. The Hall–Kier alpha value is -3.62. The Labute approximate surface area is 192 Å². The van der Waals surface area contributed by atoms with Crippen molar-refractivity contribution in [2.75, 3.05) is 10.6 Å². The van der Waals surface area contributed by atoms with Gasteiger partial charge in [-0.2, -0.15) is 0 Å². The summed E-state index contributed by atoms with van der Waals surface area (Å²) in [5, 5.41) is 5.95. The van der Waals surface area contributed by atoms with Gasteiger partial charge in [-0.1, -0.05) is 48.6 Å². The highest BCUT2D eigenvalue weighted by molar-refractivity contribution is 6.34. The molecule has 1 aromatic heterocycles. The lowest BCUT2D eigenvalue weighted by atomic mass is 10.1. The van der Waals surface area contributed by atoms with Crippen LogP contribution in [0.2, 0.25) is 5.02 Å². The van der Waals surface area contributed by atoms with Crippen molar-refractivity contribution in [2.24, 2.45) is 11.8 Å². The fourth-order valence-electron chi connectivity index (χ4n) is 3.31. The van der Waals surface area contributed by atoms with E-state index in [4.69, 9.17) is 11.6 Å². The average Bonchev–Trinajstić information content (AvgIpc) is 3.52. The van der Waals surface area contributed by atoms with Crippen LogP contribution in [0.25, 0.3) is 0 Å². The van der Waals surface area contributed by atoms with Crippen LogP contribution < -0.4 is 10.6 Å². The Bertz CT molecular complexity index is 1240. The quantitative estimate of drug-likeness (QED) is 0.538. The first kappa shape index (κ1) is 21.6. The van der Waals surface area contributed by atoms with Crippen molar-refractivity contribution in [3.8, 4) is 11.8 Å². The highest BCUT2D eigenvalue weighted by Crippen LogP contribution is 2.38. The van der Waals surface area contributed by atoms with Crippen LogP contribution in [0.1, 0.15) is 40.4 Å². The third-order valence-corrected chi connectivity index (χ3v) is 5.69. The van der Waals surface area contributed by atoms with Crippen molar-refractivity contribution in [3.05, 3.63) is 88.1 Å². The summed E-state index contributed by atoms with van der Waals surface area (Å²) in [5.74, 6) is 6.61. The zero-order valence-electron chi connectivity index (χ0n) is 17.8. The number of aromatic nitrogens is 1. The average molecular weight is 444 g/mol. The molecule has 0 spiro atoms. The molecule has 3 aromatic rings. The molecule has 0 aliphatic heterocycles. The van der Waals surface area contributed by atoms with E-state index < -0.39 is 5.91 Å². The molecule has 1 aliphatic carbocycles. The standard InChI is InChI=1S/C26H22ClN3O2/c1-16-13-21(16)25(31)29-20-10-11-23(27)22(14-20)26(32)30-24-17(2)12-19(15-28-24)9-8-18-6-4-3-5-7-18/h3-7,10-12,14-16,21H,13H2,1-2H3,(H,29,31)(H,28,30,32)/t16-,21-/m0/s1. The summed E-state index contributed by atoms with van der Waals surface area (Å²) in [4.78, 5) is 29.4.